The van der Waals surface area contributed by atoms with E-state index in [0.29, 0.717) is 16.8 Å². The molecule has 3 heterocycles. The second-order valence-corrected chi connectivity index (χ2v) is 4.34. The van der Waals surface area contributed by atoms with Gasteiger partial charge in [-0.2, -0.15) is 5.10 Å². The van der Waals surface area contributed by atoms with Crippen molar-refractivity contribution in [2.24, 2.45) is 0 Å². The van der Waals surface area contributed by atoms with Crippen LogP contribution in [-0.2, 0) is 11.3 Å². The lowest BCUT2D eigenvalue weighted by atomic mass is 10.2. The smallest absolute Gasteiger partial charge is 0.342 e. The summed E-state index contributed by atoms with van der Waals surface area (Å²) in [5.74, 6) is 0.199. The molecule has 0 radical (unpaired) electrons. The number of carbonyl (C=O) groups is 1. The molecule has 0 fully saturated rings. The first-order valence-corrected chi connectivity index (χ1v) is 6.03. The van der Waals surface area contributed by atoms with Crippen LogP contribution in [0.5, 0.6) is 0 Å². The highest BCUT2D eigenvalue weighted by atomic mass is 16.5. The van der Waals surface area contributed by atoms with Crippen molar-refractivity contribution in [1.29, 1.82) is 0 Å². The van der Waals surface area contributed by atoms with E-state index in [-0.39, 0.29) is 6.61 Å². The van der Waals surface area contributed by atoms with Gasteiger partial charge in [-0.15, -0.1) is 0 Å². The molecule has 0 saturated heterocycles. The summed E-state index contributed by atoms with van der Waals surface area (Å²) >= 11 is 0. The maximum absolute atomic E-state index is 12.1. The molecule has 0 unspecified atom stereocenters. The number of hydrogen-bond donors (Lipinski definition) is 0. The Bertz CT molecular complexity index is 755. The highest BCUT2D eigenvalue weighted by molar-refractivity contribution is 5.96. The van der Waals surface area contributed by atoms with Crippen molar-refractivity contribution >= 4 is 11.5 Å². The number of rotatable bonds is 3. The Morgan fingerprint density at radius 1 is 1.40 bits per heavy atom. The van der Waals surface area contributed by atoms with Gasteiger partial charge in [-0.05, 0) is 13.8 Å². The molecular weight excluding hydrogens is 260 g/mol. The third-order valence-corrected chi connectivity index (χ3v) is 3.07. The maximum atomic E-state index is 12.1. The predicted octanol–water partition coefficient (Wildman–Crippen LogP) is 1.69. The van der Waals surface area contributed by atoms with Gasteiger partial charge in [0.2, 0.25) is 0 Å². The van der Waals surface area contributed by atoms with Crippen LogP contribution in [0.1, 0.15) is 27.4 Å². The van der Waals surface area contributed by atoms with Crippen molar-refractivity contribution in [2.45, 2.75) is 20.5 Å². The first-order chi connectivity index (χ1) is 9.66. The predicted molar refractivity (Wildman–Crippen MR) is 68.1 cm³/mol. The fraction of sp³-hybridized carbons (Fsp3) is 0.231. The first-order valence-electron chi connectivity index (χ1n) is 6.03. The van der Waals surface area contributed by atoms with Crippen molar-refractivity contribution in [3.05, 3.63) is 47.4 Å². The normalized spacial score (nSPS) is 10.9. The summed E-state index contributed by atoms with van der Waals surface area (Å²) in [6, 6.07) is 0. The third kappa shape index (κ3) is 2.03. The van der Waals surface area contributed by atoms with E-state index >= 15 is 0 Å². The number of aryl methyl sites for hydroxylation is 2. The van der Waals surface area contributed by atoms with Gasteiger partial charge >= 0.3 is 5.97 Å². The quantitative estimate of drug-likeness (QED) is 0.675. The molecule has 3 rings (SSSR count). The minimum atomic E-state index is -0.451. The first kappa shape index (κ1) is 12.3. The van der Waals surface area contributed by atoms with Gasteiger partial charge in [0.1, 0.15) is 17.9 Å². The van der Waals surface area contributed by atoms with Crippen molar-refractivity contribution in [3.8, 4) is 0 Å². The van der Waals surface area contributed by atoms with Crippen LogP contribution in [0.4, 0.5) is 0 Å². The van der Waals surface area contributed by atoms with Gasteiger partial charge < -0.3 is 9.26 Å². The highest BCUT2D eigenvalue weighted by Crippen LogP contribution is 2.16. The monoisotopic (exact) mass is 272 g/mol. The maximum Gasteiger partial charge on any atom is 0.342 e. The standard InChI is InChI=1S/C13H12N4O3/c1-8-11(9(2)20-16-8)7-19-13(18)10-5-15-17-4-3-14-6-12(10)17/h3-6H,7H2,1-2H3. The Balaban J connectivity index is 1.80. The van der Waals surface area contributed by atoms with Gasteiger partial charge in [-0.25, -0.2) is 9.31 Å². The Hall–Kier alpha value is -2.70. The summed E-state index contributed by atoms with van der Waals surface area (Å²) in [7, 11) is 0. The van der Waals surface area contributed by atoms with Crippen LogP contribution in [0.3, 0.4) is 0 Å². The molecule has 102 valence electrons. The van der Waals surface area contributed by atoms with Gasteiger partial charge in [0.15, 0.2) is 0 Å². The van der Waals surface area contributed by atoms with Crippen molar-refractivity contribution in [1.82, 2.24) is 19.8 Å². The lowest BCUT2D eigenvalue weighted by molar-refractivity contribution is 0.0473. The van der Waals surface area contributed by atoms with E-state index in [1.165, 1.54) is 6.20 Å². The molecule has 0 spiro atoms. The van der Waals surface area contributed by atoms with Gasteiger partial charge in [-0.1, -0.05) is 5.16 Å². The van der Waals surface area contributed by atoms with Gasteiger partial charge in [0.05, 0.1) is 29.2 Å². The summed E-state index contributed by atoms with van der Waals surface area (Å²) in [6.45, 7) is 3.71. The average Bonchev–Trinajstić information content (AvgIpc) is 3.01. The Labute approximate surface area is 114 Å². The number of ether oxygens (including phenoxy) is 1. The Kier molecular flexibility index (Phi) is 2.94. The SMILES string of the molecule is Cc1noc(C)c1COC(=O)c1cnn2ccncc12. The molecule has 0 saturated carbocycles. The van der Waals surface area contributed by atoms with Crippen LogP contribution >= 0.6 is 0 Å². The van der Waals surface area contributed by atoms with Gasteiger partial charge in [0.25, 0.3) is 0 Å². The molecule has 3 aromatic rings. The molecule has 0 amide bonds. The highest BCUT2D eigenvalue weighted by Gasteiger charge is 2.16. The number of nitrogens with zero attached hydrogens (tertiary/aromatic N) is 4. The molecule has 0 aliphatic carbocycles. The molecule has 20 heavy (non-hydrogen) atoms. The molecule has 7 heteroatoms. The number of aromatic nitrogens is 4. The average molecular weight is 272 g/mol. The van der Waals surface area contributed by atoms with Gasteiger partial charge in [0, 0.05) is 12.4 Å². The Morgan fingerprint density at radius 3 is 3.00 bits per heavy atom. The second-order valence-electron chi connectivity index (χ2n) is 4.34. The lowest BCUT2D eigenvalue weighted by Gasteiger charge is -2.03. The van der Waals surface area contributed by atoms with E-state index in [1.807, 2.05) is 0 Å². The zero-order valence-corrected chi connectivity index (χ0v) is 11.0. The molecule has 0 N–H and O–H groups in total. The summed E-state index contributed by atoms with van der Waals surface area (Å²) in [6.07, 6.45) is 6.30. The zero-order chi connectivity index (χ0) is 14.1. The van der Waals surface area contributed by atoms with E-state index in [4.69, 9.17) is 9.26 Å². The van der Waals surface area contributed by atoms with Crippen molar-refractivity contribution in [2.75, 3.05) is 0 Å². The summed E-state index contributed by atoms with van der Waals surface area (Å²) in [5.41, 5.74) is 2.49. The second kappa shape index (κ2) is 4.76. The van der Waals surface area contributed by atoms with Gasteiger partial charge in [-0.3, -0.25) is 4.98 Å². The van der Waals surface area contributed by atoms with Crippen LogP contribution in [0.2, 0.25) is 0 Å². The van der Waals surface area contributed by atoms with Crippen molar-refractivity contribution < 1.29 is 14.1 Å². The number of hydrogen-bond acceptors (Lipinski definition) is 6. The van der Waals surface area contributed by atoms with E-state index < -0.39 is 5.97 Å². The molecular formula is C13H12N4O3. The molecule has 0 atom stereocenters. The summed E-state index contributed by atoms with van der Waals surface area (Å²) in [5, 5.41) is 7.88. The topological polar surface area (TPSA) is 82.5 Å². The molecule has 0 aliphatic rings. The minimum absolute atomic E-state index is 0.123. The summed E-state index contributed by atoms with van der Waals surface area (Å²) < 4.78 is 11.9. The molecule has 3 aromatic heterocycles. The Morgan fingerprint density at radius 2 is 2.25 bits per heavy atom. The van der Waals surface area contributed by atoms with E-state index in [0.717, 1.165) is 11.3 Å². The van der Waals surface area contributed by atoms with Crippen LogP contribution in [0, 0.1) is 13.8 Å². The van der Waals surface area contributed by atoms with Crippen molar-refractivity contribution in [3.63, 3.8) is 0 Å². The number of esters is 1. The van der Waals surface area contributed by atoms with Crippen LogP contribution in [0.15, 0.2) is 29.3 Å². The van der Waals surface area contributed by atoms with E-state index in [1.54, 1.807) is 37.0 Å². The van der Waals surface area contributed by atoms with Crippen LogP contribution in [0.25, 0.3) is 5.52 Å². The zero-order valence-electron chi connectivity index (χ0n) is 11.0. The lowest BCUT2D eigenvalue weighted by Crippen LogP contribution is -2.06. The summed E-state index contributed by atoms with van der Waals surface area (Å²) in [4.78, 5) is 16.1. The van der Waals surface area contributed by atoms with Crippen LogP contribution < -0.4 is 0 Å². The molecule has 7 nitrogen and oxygen atoms in total. The van der Waals surface area contributed by atoms with E-state index in [9.17, 15) is 4.79 Å². The molecule has 0 bridgehead atoms. The fourth-order valence-corrected chi connectivity index (χ4v) is 1.92. The minimum Gasteiger partial charge on any atom is -0.457 e. The number of carbonyl (C=O) groups excluding carboxylic acids is 1. The number of fused-ring (bicyclic) bond motifs is 1. The molecule has 0 aromatic carbocycles. The largest absolute Gasteiger partial charge is 0.457 e. The fourth-order valence-electron chi connectivity index (χ4n) is 1.92. The van der Waals surface area contributed by atoms with Crippen LogP contribution in [-0.4, -0.2) is 25.7 Å². The third-order valence-electron chi connectivity index (χ3n) is 3.07. The van der Waals surface area contributed by atoms with E-state index in [2.05, 4.69) is 15.2 Å². The molecule has 0 aliphatic heterocycles.